The number of aryl methyl sites for hydroxylation is 1. The van der Waals surface area contributed by atoms with E-state index >= 15 is 0 Å². The van der Waals surface area contributed by atoms with Gasteiger partial charge in [-0.15, -0.1) is 0 Å². The van der Waals surface area contributed by atoms with Gasteiger partial charge in [0.2, 0.25) is 0 Å². The molecule has 2 heterocycles. The van der Waals surface area contributed by atoms with Crippen LogP contribution in [-0.4, -0.2) is 15.6 Å². The molecule has 0 aliphatic heterocycles. The molecule has 1 saturated carbocycles. The number of furan rings is 1. The second kappa shape index (κ2) is 6.74. The minimum Gasteiger partial charge on any atom is -0.469 e. The van der Waals surface area contributed by atoms with Crippen molar-refractivity contribution in [1.29, 1.82) is 0 Å². The van der Waals surface area contributed by atoms with Crippen LogP contribution in [0, 0.1) is 0 Å². The first kappa shape index (κ1) is 14.1. The number of nitrogens with zero attached hydrogens (tertiary/aromatic N) is 2. The molecule has 3 rings (SSSR count). The van der Waals surface area contributed by atoms with E-state index in [0.717, 1.165) is 11.5 Å². The van der Waals surface area contributed by atoms with Crippen molar-refractivity contribution < 1.29 is 9.21 Å². The van der Waals surface area contributed by atoms with Crippen LogP contribution in [0.1, 0.15) is 56.0 Å². The molecule has 4 heteroatoms. The first-order valence-corrected chi connectivity index (χ1v) is 7.89. The SMILES string of the molecule is O=C(CCc1ccco1)Cc1ccn(C2CCCCC2)n1. The molecule has 4 nitrogen and oxygen atoms in total. The summed E-state index contributed by atoms with van der Waals surface area (Å²) in [7, 11) is 0. The predicted molar refractivity (Wildman–Crippen MR) is 80.1 cm³/mol. The number of Topliss-reactive ketones (excluding diaryl/α,β-unsaturated/α-hetero) is 1. The lowest BCUT2D eigenvalue weighted by Crippen LogP contribution is -2.14. The second-order valence-corrected chi connectivity index (χ2v) is 5.87. The second-order valence-electron chi connectivity index (χ2n) is 5.87. The Kier molecular flexibility index (Phi) is 4.53. The summed E-state index contributed by atoms with van der Waals surface area (Å²) in [6, 6.07) is 6.28. The van der Waals surface area contributed by atoms with Gasteiger partial charge < -0.3 is 4.42 Å². The summed E-state index contributed by atoms with van der Waals surface area (Å²) in [4.78, 5) is 12.0. The van der Waals surface area contributed by atoms with Crippen molar-refractivity contribution in [2.45, 2.75) is 57.4 Å². The summed E-state index contributed by atoms with van der Waals surface area (Å²) < 4.78 is 7.31. The van der Waals surface area contributed by atoms with E-state index in [1.54, 1.807) is 6.26 Å². The van der Waals surface area contributed by atoms with Crippen LogP contribution in [0.5, 0.6) is 0 Å². The first-order chi connectivity index (χ1) is 10.3. The number of hydrogen-bond acceptors (Lipinski definition) is 3. The molecule has 0 amide bonds. The Morgan fingerprint density at radius 1 is 1.29 bits per heavy atom. The van der Waals surface area contributed by atoms with Crippen LogP contribution in [0.3, 0.4) is 0 Å². The fourth-order valence-electron chi connectivity index (χ4n) is 3.03. The third kappa shape index (κ3) is 3.84. The Morgan fingerprint density at radius 3 is 2.90 bits per heavy atom. The van der Waals surface area contributed by atoms with Gasteiger partial charge in [0.05, 0.1) is 24.4 Å². The van der Waals surface area contributed by atoms with E-state index in [2.05, 4.69) is 9.78 Å². The van der Waals surface area contributed by atoms with E-state index < -0.39 is 0 Å². The van der Waals surface area contributed by atoms with Gasteiger partial charge in [0.25, 0.3) is 0 Å². The van der Waals surface area contributed by atoms with Gasteiger partial charge in [0.15, 0.2) is 0 Å². The molecular formula is C17H22N2O2. The molecule has 0 N–H and O–H groups in total. The zero-order valence-corrected chi connectivity index (χ0v) is 12.3. The average Bonchev–Trinajstić information content (AvgIpc) is 3.17. The third-order valence-corrected chi connectivity index (χ3v) is 4.22. The van der Waals surface area contributed by atoms with E-state index in [1.165, 1.54) is 32.1 Å². The normalized spacial score (nSPS) is 16.2. The number of aromatic nitrogens is 2. The Bertz CT molecular complexity index is 565. The van der Waals surface area contributed by atoms with Gasteiger partial charge in [-0.25, -0.2) is 0 Å². The quantitative estimate of drug-likeness (QED) is 0.813. The molecule has 0 unspecified atom stereocenters. The van der Waals surface area contributed by atoms with E-state index in [1.807, 2.05) is 24.4 Å². The van der Waals surface area contributed by atoms with Gasteiger partial charge in [-0.2, -0.15) is 5.10 Å². The van der Waals surface area contributed by atoms with Crippen LogP contribution >= 0.6 is 0 Å². The molecular weight excluding hydrogens is 264 g/mol. The zero-order valence-electron chi connectivity index (χ0n) is 12.3. The number of hydrogen-bond donors (Lipinski definition) is 0. The van der Waals surface area contributed by atoms with Gasteiger partial charge in [-0.1, -0.05) is 19.3 Å². The van der Waals surface area contributed by atoms with Gasteiger partial charge in [-0.05, 0) is 31.0 Å². The molecule has 0 radical (unpaired) electrons. The number of carbonyl (C=O) groups excluding carboxylic acids is 1. The van der Waals surface area contributed by atoms with Crippen molar-refractivity contribution in [2.24, 2.45) is 0 Å². The third-order valence-electron chi connectivity index (χ3n) is 4.22. The highest BCUT2D eigenvalue weighted by Crippen LogP contribution is 2.27. The Hall–Kier alpha value is -1.84. The first-order valence-electron chi connectivity index (χ1n) is 7.89. The summed E-state index contributed by atoms with van der Waals surface area (Å²) in [6.07, 6.45) is 11.7. The van der Waals surface area contributed by atoms with Gasteiger partial charge in [-0.3, -0.25) is 9.48 Å². The van der Waals surface area contributed by atoms with Crippen LogP contribution in [0.4, 0.5) is 0 Å². The molecule has 0 bridgehead atoms. The zero-order chi connectivity index (χ0) is 14.5. The highest BCUT2D eigenvalue weighted by molar-refractivity contribution is 5.80. The van der Waals surface area contributed by atoms with Crippen LogP contribution in [0.25, 0.3) is 0 Å². The summed E-state index contributed by atoms with van der Waals surface area (Å²) in [6.45, 7) is 0. The Balaban J connectivity index is 1.50. The van der Waals surface area contributed by atoms with Gasteiger partial charge >= 0.3 is 0 Å². The Labute approximate surface area is 125 Å². The van der Waals surface area contributed by atoms with Gasteiger partial charge in [0.1, 0.15) is 11.5 Å². The van der Waals surface area contributed by atoms with E-state index in [9.17, 15) is 4.79 Å². The predicted octanol–water partition coefficient (Wildman–Crippen LogP) is 3.73. The molecule has 1 fully saturated rings. The Morgan fingerprint density at radius 2 is 2.14 bits per heavy atom. The van der Waals surface area contributed by atoms with Crippen molar-refractivity contribution in [2.75, 3.05) is 0 Å². The molecule has 0 atom stereocenters. The van der Waals surface area contributed by atoms with Crippen molar-refractivity contribution in [3.8, 4) is 0 Å². The van der Waals surface area contributed by atoms with Crippen molar-refractivity contribution in [3.63, 3.8) is 0 Å². The lowest BCUT2D eigenvalue weighted by molar-refractivity contribution is -0.118. The lowest BCUT2D eigenvalue weighted by atomic mass is 9.96. The number of rotatable bonds is 6. The van der Waals surface area contributed by atoms with Gasteiger partial charge in [0, 0.05) is 19.0 Å². The summed E-state index contributed by atoms with van der Waals surface area (Å²) in [5.74, 6) is 1.09. The maximum absolute atomic E-state index is 12.0. The highest BCUT2D eigenvalue weighted by Gasteiger charge is 2.16. The maximum Gasteiger partial charge on any atom is 0.139 e. The fourth-order valence-corrected chi connectivity index (χ4v) is 3.03. The lowest BCUT2D eigenvalue weighted by Gasteiger charge is -2.21. The van der Waals surface area contributed by atoms with E-state index in [4.69, 9.17) is 4.42 Å². The molecule has 1 aliphatic rings. The van der Waals surface area contributed by atoms with Crippen LogP contribution in [0.15, 0.2) is 35.1 Å². The van der Waals surface area contributed by atoms with Crippen molar-refractivity contribution in [3.05, 3.63) is 42.1 Å². The average molecular weight is 286 g/mol. The smallest absolute Gasteiger partial charge is 0.139 e. The molecule has 112 valence electrons. The molecule has 2 aromatic heterocycles. The standard InChI is InChI=1S/C17H22N2O2/c20-16(8-9-17-7-4-12-21-17)13-14-10-11-19(18-14)15-5-2-1-3-6-15/h4,7,10-12,15H,1-3,5-6,8-9,13H2. The highest BCUT2D eigenvalue weighted by atomic mass is 16.3. The molecule has 0 saturated heterocycles. The monoisotopic (exact) mass is 286 g/mol. The minimum absolute atomic E-state index is 0.222. The topological polar surface area (TPSA) is 48.0 Å². The maximum atomic E-state index is 12.0. The number of carbonyl (C=O) groups is 1. The van der Waals surface area contributed by atoms with Crippen LogP contribution in [0.2, 0.25) is 0 Å². The number of ketones is 1. The van der Waals surface area contributed by atoms with Crippen molar-refractivity contribution in [1.82, 2.24) is 9.78 Å². The molecule has 2 aromatic rings. The molecule has 0 spiro atoms. The molecule has 21 heavy (non-hydrogen) atoms. The van der Waals surface area contributed by atoms with E-state index in [-0.39, 0.29) is 5.78 Å². The molecule has 0 aromatic carbocycles. The van der Waals surface area contributed by atoms with E-state index in [0.29, 0.717) is 25.3 Å². The van der Waals surface area contributed by atoms with Crippen LogP contribution in [-0.2, 0) is 17.6 Å². The van der Waals surface area contributed by atoms with Crippen molar-refractivity contribution >= 4 is 5.78 Å². The minimum atomic E-state index is 0.222. The van der Waals surface area contributed by atoms with Crippen LogP contribution < -0.4 is 0 Å². The summed E-state index contributed by atoms with van der Waals surface area (Å²) in [5, 5.41) is 4.59. The summed E-state index contributed by atoms with van der Waals surface area (Å²) in [5.41, 5.74) is 0.894. The molecule has 1 aliphatic carbocycles. The summed E-state index contributed by atoms with van der Waals surface area (Å²) >= 11 is 0. The largest absolute Gasteiger partial charge is 0.469 e. The fraction of sp³-hybridized carbons (Fsp3) is 0.529.